The average molecular weight is 338 g/mol. The largest absolute Gasteiger partial charge is 0.493 e. The molecule has 0 saturated heterocycles. The third kappa shape index (κ3) is 5.21. The predicted octanol–water partition coefficient (Wildman–Crippen LogP) is 3.44. The van der Waals surface area contributed by atoms with Crippen molar-refractivity contribution in [2.24, 2.45) is 0 Å². The summed E-state index contributed by atoms with van der Waals surface area (Å²) in [6.45, 7) is 2.48. The van der Waals surface area contributed by atoms with Gasteiger partial charge in [-0.05, 0) is 43.3 Å². The minimum Gasteiger partial charge on any atom is -0.493 e. The van der Waals surface area contributed by atoms with E-state index in [-0.39, 0.29) is 11.8 Å². The number of amides is 2. The van der Waals surface area contributed by atoms with Crippen molar-refractivity contribution in [2.75, 3.05) is 26.0 Å². The van der Waals surface area contributed by atoms with Gasteiger partial charge < -0.3 is 15.0 Å². The van der Waals surface area contributed by atoms with Crippen molar-refractivity contribution in [3.05, 3.63) is 65.7 Å². The standard InChI is InChI=1S/C20H22N2O3/c1-4-25-18-8-6-5-7-15(18)11-14-19(23)21-17-12-9-16(10-13-17)20(24)22(2)3/h5-14H,4H2,1-3H3,(H,21,23). The molecule has 0 aromatic heterocycles. The van der Waals surface area contributed by atoms with E-state index in [1.807, 2.05) is 31.2 Å². The van der Waals surface area contributed by atoms with Crippen LogP contribution in [0.4, 0.5) is 5.69 Å². The third-order valence-electron chi connectivity index (χ3n) is 3.44. The normalized spacial score (nSPS) is 10.5. The van der Waals surface area contributed by atoms with Crippen molar-refractivity contribution in [3.63, 3.8) is 0 Å². The molecule has 0 atom stereocenters. The van der Waals surface area contributed by atoms with Gasteiger partial charge in [0.15, 0.2) is 0 Å². The first-order valence-electron chi connectivity index (χ1n) is 8.04. The molecule has 5 heteroatoms. The topological polar surface area (TPSA) is 58.6 Å². The number of hydrogen-bond donors (Lipinski definition) is 1. The van der Waals surface area contributed by atoms with E-state index in [1.165, 1.54) is 11.0 Å². The Morgan fingerprint density at radius 2 is 1.76 bits per heavy atom. The lowest BCUT2D eigenvalue weighted by molar-refractivity contribution is -0.111. The predicted molar refractivity (Wildman–Crippen MR) is 99.7 cm³/mol. The maximum Gasteiger partial charge on any atom is 0.253 e. The second-order valence-electron chi connectivity index (χ2n) is 5.57. The summed E-state index contributed by atoms with van der Waals surface area (Å²) in [6, 6.07) is 14.3. The van der Waals surface area contributed by atoms with E-state index in [1.54, 1.807) is 44.4 Å². The number of carbonyl (C=O) groups is 2. The number of anilines is 1. The zero-order chi connectivity index (χ0) is 18.2. The minimum atomic E-state index is -0.252. The number of nitrogens with one attached hydrogen (secondary N) is 1. The van der Waals surface area contributed by atoms with E-state index in [4.69, 9.17) is 4.74 Å². The Bertz CT molecular complexity index is 765. The van der Waals surface area contributed by atoms with Gasteiger partial charge in [0.25, 0.3) is 5.91 Å². The maximum atomic E-state index is 12.1. The van der Waals surface area contributed by atoms with Gasteiger partial charge in [0.1, 0.15) is 5.75 Å². The summed E-state index contributed by atoms with van der Waals surface area (Å²) in [5, 5.41) is 2.77. The van der Waals surface area contributed by atoms with E-state index >= 15 is 0 Å². The Balaban J connectivity index is 2.02. The number of para-hydroxylation sites is 1. The molecule has 130 valence electrons. The zero-order valence-corrected chi connectivity index (χ0v) is 14.7. The van der Waals surface area contributed by atoms with Crippen LogP contribution < -0.4 is 10.1 Å². The molecular weight excluding hydrogens is 316 g/mol. The molecule has 2 amide bonds. The molecule has 25 heavy (non-hydrogen) atoms. The molecule has 5 nitrogen and oxygen atoms in total. The van der Waals surface area contributed by atoms with Gasteiger partial charge in [-0.15, -0.1) is 0 Å². The van der Waals surface area contributed by atoms with Crippen LogP contribution in [0, 0.1) is 0 Å². The molecule has 0 aliphatic rings. The summed E-state index contributed by atoms with van der Waals surface area (Å²) < 4.78 is 5.52. The maximum absolute atomic E-state index is 12.1. The highest BCUT2D eigenvalue weighted by molar-refractivity contribution is 6.02. The molecule has 1 N–H and O–H groups in total. The number of hydrogen-bond acceptors (Lipinski definition) is 3. The lowest BCUT2D eigenvalue weighted by atomic mass is 10.1. The van der Waals surface area contributed by atoms with E-state index in [0.717, 1.165) is 11.3 Å². The minimum absolute atomic E-state index is 0.0784. The van der Waals surface area contributed by atoms with Gasteiger partial charge in [-0.2, -0.15) is 0 Å². The van der Waals surface area contributed by atoms with Crippen molar-refractivity contribution in [1.82, 2.24) is 4.90 Å². The van der Waals surface area contributed by atoms with Gasteiger partial charge in [-0.25, -0.2) is 0 Å². The molecule has 2 rings (SSSR count). The van der Waals surface area contributed by atoms with Crippen LogP contribution >= 0.6 is 0 Å². The number of nitrogens with zero attached hydrogens (tertiary/aromatic N) is 1. The average Bonchev–Trinajstić information content (AvgIpc) is 2.61. The zero-order valence-electron chi connectivity index (χ0n) is 14.7. The highest BCUT2D eigenvalue weighted by atomic mass is 16.5. The fourth-order valence-corrected chi connectivity index (χ4v) is 2.21. The van der Waals surface area contributed by atoms with Gasteiger partial charge in [-0.1, -0.05) is 18.2 Å². The Kier molecular flexibility index (Phi) is 6.34. The number of carbonyl (C=O) groups excluding carboxylic acids is 2. The van der Waals surface area contributed by atoms with Crippen LogP contribution in [0.2, 0.25) is 0 Å². The molecule has 0 aliphatic carbocycles. The SMILES string of the molecule is CCOc1ccccc1C=CC(=O)Nc1ccc(C(=O)N(C)C)cc1. The Labute approximate surface area is 147 Å². The van der Waals surface area contributed by atoms with E-state index < -0.39 is 0 Å². The molecule has 2 aromatic rings. The second kappa shape index (κ2) is 8.68. The summed E-state index contributed by atoms with van der Waals surface area (Å²) in [5.74, 6) is 0.406. The lowest BCUT2D eigenvalue weighted by Crippen LogP contribution is -2.21. The van der Waals surface area contributed by atoms with Crippen LogP contribution in [0.5, 0.6) is 5.75 Å². The Morgan fingerprint density at radius 1 is 1.08 bits per heavy atom. The second-order valence-corrected chi connectivity index (χ2v) is 5.57. The molecule has 0 unspecified atom stereocenters. The lowest BCUT2D eigenvalue weighted by Gasteiger charge is -2.10. The third-order valence-corrected chi connectivity index (χ3v) is 3.44. The summed E-state index contributed by atoms with van der Waals surface area (Å²) in [7, 11) is 3.39. The summed E-state index contributed by atoms with van der Waals surface area (Å²) in [4.78, 5) is 25.4. The van der Waals surface area contributed by atoms with Crippen molar-refractivity contribution in [2.45, 2.75) is 6.92 Å². The molecule has 0 saturated carbocycles. The van der Waals surface area contributed by atoms with Crippen LogP contribution in [0.1, 0.15) is 22.8 Å². The van der Waals surface area contributed by atoms with Crippen LogP contribution in [-0.4, -0.2) is 37.4 Å². The van der Waals surface area contributed by atoms with E-state index in [0.29, 0.717) is 17.9 Å². The van der Waals surface area contributed by atoms with Gasteiger partial charge in [0.05, 0.1) is 6.61 Å². The molecule has 0 radical (unpaired) electrons. The van der Waals surface area contributed by atoms with Gasteiger partial charge >= 0.3 is 0 Å². The van der Waals surface area contributed by atoms with Crippen LogP contribution in [0.15, 0.2) is 54.6 Å². The van der Waals surface area contributed by atoms with E-state index in [2.05, 4.69) is 5.32 Å². The van der Waals surface area contributed by atoms with Crippen molar-refractivity contribution in [3.8, 4) is 5.75 Å². The molecule has 0 spiro atoms. The molecule has 0 heterocycles. The fourth-order valence-electron chi connectivity index (χ4n) is 2.21. The van der Waals surface area contributed by atoms with Crippen molar-refractivity contribution >= 4 is 23.6 Å². The first kappa shape index (κ1) is 18.3. The van der Waals surface area contributed by atoms with Crippen LogP contribution in [0.3, 0.4) is 0 Å². The van der Waals surface area contributed by atoms with Gasteiger partial charge in [-0.3, -0.25) is 9.59 Å². The number of rotatable bonds is 6. The Morgan fingerprint density at radius 3 is 2.40 bits per heavy atom. The highest BCUT2D eigenvalue weighted by Gasteiger charge is 2.07. The summed E-state index contributed by atoms with van der Waals surface area (Å²) in [5.41, 5.74) is 2.04. The quantitative estimate of drug-likeness (QED) is 0.821. The smallest absolute Gasteiger partial charge is 0.253 e. The summed E-state index contributed by atoms with van der Waals surface area (Å²) in [6.07, 6.45) is 3.17. The molecule has 0 fully saturated rings. The first-order chi connectivity index (χ1) is 12.0. The van der Waals surface area contributed by atoms with Crippen molar-refractivity contribution in [1.29, 1.82) is 0 Å². The Hall–Kier alpha value is -3.08. The monoisotopic (exact) mass is 338 g/mol. The molecule has 2 aromatic carbocycles. The number of benzene rings is 2. The molecule has 0 aliphatic heterocycles. The van der Waals surface area contributed by atoms with Gasteiger partial charge in [0.2, 0.25) is 5.91 Å². The van der Waals surface area contributed by atoms with Gasteiger partial charge in [0, 0.05) is 37.0 Å². The van der Waals surface area contributed by atoms with Crippen molar-refractivity contribution < 1.29 is 14.3 Å². The fraction of sp³-hybridized carbons (Fsp3) is 0.200. The van der Waals surface area contributed by atoms with Crippen LogP contribution in [-0.2, 0) is 4.79 Å². The molecule has 0 bridgehead atoms. The number of ether oxygens (including phenoxy) is 1. The highest BCUT2D eigenvalue weighted by Crippen LogP contribution is 2.19. The summed E-state index contributed by atoms with van der Waals surface area (Å²) >= 11 is 0. The first-order valence-corrected chi connectivity index (χ1v) is 8.04. The molecular formula is C20H22N2O3. The van der Waals surface area contributed by atoms with E-state index in [9.17, 15) is 9.59 Å². The van der Waals surface area contributed by atoms with Crippen LogP contribution in [0.25, 0.3) is 6.08 Å².